The van der Waals surface area contributed by atoms with Crippen molar-refractivity contribution in [3.63, 3.8) is 0 Å². The van der Waals surface area contributed by atoms with E-state index in [-0.39, 0.29) is 5.41 Å². The van der Waals surface area contributed by atoms with E-state index in [0.29, 0.717) is 0 Å². The molecule has 1 aromatic carbocycles. The minimum atomic E-state index is 0.0549. The molecule has 0 radical (unpaired) electrons. The molecule has 0 aliphatic carbocycles. The predicted octanol–water partition coefficient (Wildman–Crippen LogP) is 6.11. The molecule has 1 aliphatic heterocycles. The van der Waals surface area contributed by atoms with Gasteiger partial charge in [-0.2, -0.15) is 0 Å². The van der Waals surface area contributed by atoms with Crippen LogP contribution in [0.5, 0.6) is 0 Å². The third-order valence-electron chi connectivity index (χ3n) is 2.73. The lowest BCUT2D eigenvalue weighted by atomic mass is 9.94. The van der Waals surface area contributed by atoms with Crippen LogP contribution in [0.3, 0.4) is 0 Å². The third kappa shape index (κ3) is 5.02. The number of benzene rings is 1. The standard InChI is InChI=1S/C14H17N.2C2H6/c1-10-7-11(2)12-5-6-14(3,4)9-15-13(12)8-10;2*1-2/h5-9H,1-4H3;2*1-2H3. The lowest BCUT2D eigenvalue weighted by Gasteiger charge is -2.10. The Balaban J connectivity index is 0.000000741. The first-order valence-corrected chi connectivity index (χ1v) is 7.34. The van der Waals surface area contributed by atoms with Crippen LogP contribution in [0.4, 0.5) is 5.69 Å². The van der Waals surface area contributed by atoms with Gasteiger partial charge in [-0.1, -0.05) is 59.8 Å². The van der Waals surface area contributed by atoms with Crippen LogP contribution >= 0.6 is 0 Å². The maximum Gasteiger partial charge on any atom is 0.0703 e. The third-order valence-corrected chi connectivity index (χ3v) is 2.73. The van der Waals surface area contributed by atoms with Gasteiger partial charge in [-0.3, -0.25) is 4.99 Å². The summed E-state index contributed by atoms with van der Waals surface area (Å²) >= 11 is 0. The number of aryl methyl sites for hydroxylation is 2. The van der Waals surface area contributed by atoms with Gasteiger partial charge in [0.1, 0.15) is 0 Å². The van der Waals surface area contributed by atoms with Crippen molar-refractivity contribution in [2.45, 2.75) is 55.4 Å². The molecular weight excluding hydrogens is 230 g/mol. The smallest absolute Gasteiger partial charge is 0.0703 e. The van der Waals surface area contributed by atoms with Crippen molar-refractivity contribution in [3.8, 4) is 0 Å². The van der Waals surface area contributed by atoms with Crippen LogP contribution in [0, 0.1) is 19.3 Å². The molecule has 0 N–H and O–H groups in total. The normalized spacial score (nSPS) is 14.3. The number of nitrogens with zero attached hydrogens (tertiary/aromatic N) is 1. The number of fused-ring (bicyclic) bond motifs is 1. The Bertz CT molecular complexity index is 451. The van der Waals surface area contributed by atoms with Crippen molar-refractivity contribution in [1.82, 2.24) is 0 Å². The summed E-state index contributed by atoms with van der Waals surface area (Å²) in [7, 11) is 0. The quantitative estimate of drug-likeness (QED) is 0.533. The van der Waals surface area contributed by atoms with E-state index in [9.17, 15) is 0 Å². The van der Waals surface area contributed by atoms with E-state index in [1.165, 1.54) is 16.7 Å². The Kier molecular flexibility index (Phi) is 7.36. The van der Waals surface area contributed by atoms with Crippen LogP contribution in [0.2, 0.25) is 0 Å². The zero-order chi connectivity index (χ0) is 15.1. The number of allylic oxidation sites excluding steroid dienone is 1. The summed E-state index contributed by atoms with van der Waals surface area (Å²) in [6, 6.07) is 4.35. The Morgan fingerprint density at radius 2 is 1.53 bits per heavy atom. The average Bonchev–Trinajstić information content (AvgIpc) is 2.54. The van der Waals surface area contributed by atoms with Crippen LogP contribution in [0.25, 0.3) is 6.08 Å². The first kappa shape index (κ1) is 17.6. The first-order valence-electron chi connectivity index (χ1n) is 7.34. The Hall–Kier alpha value is -1.37. The van der Waals surface area contributed by atoms with Gasteiger partial charge in [0.15, 0.2) is 0 Å². The molecule has 0 unspecified atom stereocenters. The molecule has 19 heavy (non-hydrogen) atoms. The molecule has 0 aromatic heterocycles. The highest BCUT2D eigenvalue weighted by Crippen LogP contribution is 2.31. The summed E-state index contributed by atoms with van der Waals surface area (Å²) < 4.78 is 0. The van der Waals surface area contributed by atoms with Gasteiger partial charge in [0, 0.05) is 17.2 Å². The van der Waals surface area contributed by atoms with Gasteiger partial charge < -0.3 is 0 Å². The topological polar surface area (TPSA) is 12.4 Å². The SMILES string of the molecule is CC.CC.Cc1cc(C)c2c(c1)N=CC(C)(C)C=C2. The zero-order valence-electron chi connectivity index (χ0n) is 13.8. The zero-order valence-corrected chi connectivity index (χ0v) is 13.8. The fourth-order valence-electron chi connectivity index (χ4n) is 1.86. The van der Waals surface area contributed by atoms with Gasteiger partial charge in [-0.05, 0) is 31.0 Å². The van der Waals surface area contributed by atoms with E-state index in [0.717, 1.165) is 5.69 Å². The van der Waals surface area contributed by atoms with Crippen LogP contribution in [-0.4, -0.2) is 6.21 Å². The highest BCUT2D eigenvalue weighted by Gasteiger charge is 2.14. The first-order chi connectivity index (χ1) is 8.98. The van der Waals surface area contributed by atoms with Gasteiger partial charge >= 0.3 is 0 Å². The fraction of sp³-hybridized carbons (Fsp3) is 0.500. The van der Waals surface area contributed by atoms with Gasteiger partial charge in [0.25, 0.3) is 0 Å². The molecule has 0 atom stereocenters. The van der Waals surface area contributed by atoms with Crippen molar-refractivity contribution in [2.75, 3.05) is 0 Å². The Morgan fingerprint density at radius 3 is 2.11 bits per heavy atom. The lowest BCUT2D eigenvalue weighted by Crippen LogP contribution is -2.07. The van der Waals surface area contributed by atoms with Crippen molar-refractivity contribution >= 4 is 18.0 Å². The minimum Gasteiger partial charge on any atom is -0.260 e. The van der Waals surface area contributed by atoms with Crippen molar-refractivity contribution < 1.29 is 0 Å². The van der Waals surface area contributed by atoms with E-state index in [1.54, 1.807) is 0 Å². The maximum atomic E-state index is 4.57. The van der Waals surface area contributed by atoms with Crippen LogP contribution < -0.4 is 0 Å². The summed E-state index contributed by atoms with van der Waals surface area (Å²) in [6.07, 6.45) is 6.43. The second-order valence-electron chi connectivity index (χ2n) is 4.93. The summed E-state index contributed by atoms with van der Waals surface area (Å²) in [5.74, 6) is 0. The highest BCUT2D eigenvalue weighted by atomic mass is 14.7. The van der Waals surface area contributed by atoms with Crippen molar-refractivity contribution in [1.29, 1.82) is 0 Å². The number of aliphatic imine (C=N–C) groups is 1. The Labute approximate surface area is 119 Å². The number of rotatable bonds is 0. The molecule has 106 valence electrons. The monoisotopic (exact) mass is 259 g/mol. The molecule has 1 nitrogen and oxygen atoms in total. The van der Waals surface area contributed by atoms with Crippen LogP contribution in [0.1, 0.15) is 58.2 Å². The van der Waals surface area contributed by atoms with Gasteiger partial charge in [-0.15, -0.1) is 0 Å². The molecule has 1 heteroatoms. The van der Waals surface area contributed by atoms with Crippen LogP contribution in [0.15, 0.2) is 23.2 Å². The van der Waals surface area contributed by atoms with E-state index >= 15 is 0 Å². The molecule has 0 bridgehead atoms. The van der Waals surface area contributed by atoms with Gasteiger partial charge in [-0.25, -0.2) is 0 Å². The molecule has 0 amide bonds. The van der Waals surface area contributed by atoms with Gasteiger partial charge in [0.2, 0.25) is 0 Å². The Morgan fingerprint density at radius 1 is 0.947 bits per heavy atom. The maximum absolute atomic E-state index is 4.57. The van der Waals surface area contributed by atoms with Crippen LogP contribution in [-0.2, 0) is 0 Å². The molecule has 2 rings (SSSR count). The molecule has 0 saturated heterocycles. The molecule has 1 heterocycles. The molecule has 0 spiro atoms. The van der Waals surface area contributed by atoms with Gasteiger partial charge in [0.05, 0.1) is 5.69 Å². The van der Waals surface area contributed by atoms with E-state index < -0.39 is 0 Å². The molecule has 0 fully saturated rings. The van der Waals surface area contributed by atoms with E-state index in [4.69, 9.17) is 0 Å². The highest BCUT2D eigenvalue weighted by molar-refractivity contribution is 5.81. The number of hydrogen-bond acceptors (Lipinski definition) is 1. The predicted molar refractivity (Wildman–Crippen MR) is 89.6 cm³/mol. The van der Waals surface area contributed by atoms with Crippen molar-refractivity contribution in [3.05, 3.63) is 34.9 Å². The molecule has 0 saturated carbocycles. The second-order valence-corrected chi connectivity index (χ2v) is 4.93. The summed E-state index contributed by atoms with van der Waals surface area (Å²) in [6.45, 7) is 16.6. The van der Waals surface area contributed by atoms with E-state index in [2.05, 4.69) is 57.0 Å². The largest absolute Gasteiger partial charge is 0.260 e. The molecule has 1 aliphatic rings. The van der Waals surface area contributed by atoms with Crippen molar-refractivity contribution in [2.24, 2.45) is 10.4 Å². The molecule has 1 aromatic rings. The number of hydrogen-bond donors (Lipinski definition) is 0. The summed E-state index contributed by atoms with van der Waals surface area (Å²) in [5, 5.41) is 0. The van der Waals surface area contributed by atoms with E-state index in [1.807, 2.05) is 33.9 Å². The summed E-state index contributed by atoms with van der Waals surface area (Å²) in [5.41, 5.74) is 4.98. The minimum absolute atomic E-state index is 0.0549. The average molecular weight is 259 g/mol. The lowest BCUT2D eigenvalue weighted by molar-refractivity contribution is 0.699. The molecular formula is C18H29N. The second kappa shape index (κ2) is 7.93. The fourth-order valence-corrected chi connectivity index (χ4v) is 1.86. The summed E-state index contributed by atoms with van der Waals surface area (Å²) in [4.78, 5) is 4.57.